The summed E-state index contributed by atoms with van der Waals surface area (Å²) in [5.41, 5.74) is 2.59. The van der Waals surface area contributed by atoms with Crippen LogP contribution in [0.2, 0.25) is 0 Å². The van der Waals surface area contributed by atoms with Gasteiger partial charge in [-0.2, -0.15) is 5.10 Å². The van der Waals surface area contributed by atoms with E-state index in [1.165, 1.54) is 11.3 Å². The monoisotopic (exact) mass is 335 g/mol. The van der Waals surface area contributed by atoms with E-state index in [1.54, 1.807) is 0 Å². The highest BCUT2D eigenvalue weighted by Crippen LogP contribution is 2.36. The van der Waals surface area contributed by atoms with Crippen LogP contribution in [0.3, 0.4) is 0 Å². The van der Waals surface area contributed by atoms with Crippen molar-refractivity contribution in [3.05, 3.63) is 52.3 Å². The fourth-order valence-corrected chi connectivity index (χ4v) is 3.37. The van der Waals surface area contributed by atoms with Gasteiger partial charge in [0.1, 0.15) is 0 Å². The van der Waals surface area contributed by atoms with Crippen molar-refractivity contribution in [1.82, 2.24) is 15.1 Å². The molecule has 1 heterocycles. The molecule has 1 aromatic carbocycles. The summed E-state index contributed by atoms with van der Waals surface area (Å²) in [5, 5.41) is 7.92. The second-order valence-electron chi connectivity index (χ2n) is 4.89. The van der Waals surface area contributed by atoms with Gasteiger partial charge in [-0.1, -0.05) is 37.3 Å². The van der Waals surface area contributed by atoms with Gasteiger partial charge in [0.05, 0.1) is 22.4 Å². The van der Waals surface area contributed by atoms with E-state index < -0.39 is 0 Å². The predicted octanol–water partition coefficient (Wildman–Crippen LogP) is 4.12. The highest BCUT2D eigenvalue weighted by molar-refractivity contribution is 9.10. The summed E-state index contributed by atoms with van der Waals surface area (Å²) < 4.78 is 3.14. The first-order valence-corrected chi connectivity index (χ1v) is 7.95. The van der Waals surface area contributed by atoms with Gasteiger partial charge in [0.15, 0.2) is 0 Å². The van der Waals surface area contributed by atoms with Crippen molar-refractivity contribution in [3.63, 3.8) is 0 Å². The zero-order valence-corrected chi connectivity index (χ0v) is 13.9. The number of aryl methyl sites for hydroxylation is 1. The number of rotatable bonds is 6. The number of nitrogens with one attached hydrogen (secondary N) is 1. The Kier molecular flexibility index (Phi) is 5.38. The van der Waals surface area contributed by atoms with Gasteiger partial charge in [-0.15, -0.1) is 0 Å². The van der Waals surface area contributed by atoms with Crippen LogP contribution >= 0.6 is 15.9 Å². The molecule has 0 aliphatic rings. The molecular weight excluding hydrogens is 314 g/mol. The summed E-state index contributed by atoms with van der Waals surface area (Å²) in [6, 6.07) is 10.9. The smallest absolute Gasteiger partial charge is 0.0701 e. The topological polar surface area (TPSA) is 29.9 Å². The SMILES string of the molecule is CCC(c1ccccc1)C(NC)c1c(Br)cnn1CC. The molecule has 2 aromatic rings. The lowest BCUT2D eigenvalue weighted by molar-refractivity contribution is 0.429. The van der Waals surface area contributed by atoms with E-state index in [1.807, 2.05) is 13.2 Å². The summed E-state index contributed by atoms with van der Waals surface area (Å²) in [6.45, 7) is 5.24. The quantitative estimate of drug-likeness (QED) is 0.860. The standard InChI is InChI=1S/C16H22BrN3/c1-4-13(12-9-7-6-8-10-12)15(18-3)16-14(17)11-19-20(16)5-2/h6-11,13,15,18H,4-5H2,1-3H3. The Morgan fingerprint density at radius 2 is 1.95 bits per heavy atom. The van der Waals surface area contributed by atoms with Crippen LogP contribution in [0.1, 0.15) is 43.5 Å². The van der Waals surface area contributed by atoms with Gasteiger partial charge in [-0.05, 0) is 41.9 Å². The molecule has 4 heteroatoms. The molecule has 2 atom stereocenters. The largest absolute Gasteiger partial charge is 0.311 e. The number of aromatic nitrogens is 2. The Labute approximate surface area is 129 Å². The van der Waals surface area contributed by atoms with Gasteiger partial charge >= 0.3 is 0 Å². The van der Waals surface area contributed by atoms with Gasteiger partial charge < -0.3 is 5.32 Å². The number of hydrogen-bond acceptors (Lipinski definition) is 2. The van der Waals surface area contributed by atoms with Crippen LogP contribution in [0.15, 0.2) is 41.0 Å². The molecule has 3 nitrogen and oxygen atoms in total. The maximum Gasteiger partial charge on any atom is 0.0701 e. The molecule has 0 radical (unpaired) electrons. The Morgan fingerprint density at radius 3 is 2.50 bits per heavy atom. The molecule has 0 bridgehead atoms. The molecule has 0 fully saturated rings. The fourth-order valence-electron chi connectivity index (χ4n) is 2.83. The molecule has 20 heavy (non-hydrogen) atoms. The lowest BCUT2D eigenvalue weighted by Crippen LogP contribution is -2.26. The zero-order chi connectivity index (χ0) is 14.5. The average molecular weight is 336 g/mol. The molecule has 0 aliphatic heterocycles. The second-order valence-corrected chi connectivity index (χ2v) is 5.74. The van der Waals surface area contributed by atoms with Gasteiger partial charge in [-0.3, -0.25) is 4.68 Å². The minimum Gasteiger partial charge on any atom is -0.311 e. The van der Waals surface area contributed by atoms with Gasteiger partial charge in [0.2, 0.25) is 0 Å². The Hall–Kier alpha value is -1.13. The highest BCUT2D eigenvalue weighted by Gasteiger charge is 2.26. The van der Waals surface area contributed by atoms with Gasteiger partial charge in [-0.25, -0.2) is 0 Å². The van der Waals surface area contributed by atoms with Crippen LogP contribution in [0.25, 0.3) is 0 Å². The highest BCUT2D eigenvalue weighted by atomic mass is 79.9. The number of halogens is 1. The number of nitrogens with zero attached hydrogens (tertiary/aromatic N) is 2. The van der Waals surface area contributed by atoms with Crippen LogP contribution in [-0.4, -0.2) is 16.8 Å². The van der Waals surface area contributed by atoms with E-state index in [2.05, 4.69) is 75.2 Å². The molecule has 0 aliphatic carbocycles. The van der Waals surface area contributed by atoms with Crippen molar-refractivity contribution in [2.24, 2.45) is 0 Å². The normalized spacial score (nSPS) is 14.2. The summed E-state index contributed by atoms with van der Waals surface area (Å²) in [5.74, 6) is 0.430. The van der Waals surface area contributed by atoms with Gasteiger partial charge in [0, 0.05) is 12.5 Å². The molecule has 108 valence electrons. The Balaban J connectivity index is 2.42. The minimum atomic E-state index is 0.249. The van der Waals surface area contributed by atoms with E-state index in [0.29, 0.717) is 5.92 Å². The Bertz CT molecular complexity index is 536. The minimum absolute atomic E-state index is 0.249. The summed E-state index contributed by atoms with van der Waals surface area (Å²) in [6.07, 6.45) is 2.97. The Morgan fingerprint density at radius 1 is 1.25 bits per heavy atom. The van der Waals surface area contributed by atoms with E-state index in [-0.39, 0.29) is 6.04 Å². The summed E-state index contributed by atoms with van der Waals surface area (Å²) in [4.78, 5) is 0. The predicted molar refractivity (Wildman–Crippen MR) is 86.9 cm³/mol. The average Bonchev–Trinajstić information content (AvgIpc) is 2.86. The van der Waals surface area contributed by atoms with Crippen molar-refractivity contribution in [1.29, 1.82) is 0 Å². The van der Waals surface area contributed by atoms with Gasteiger partial charge in [0.25, 0.3) is 0 Å². The lowest BCUT2D eigenvalue weighted by atomic mass is 9.87. The lowest BCUT2D eigenvalue weighted by Gasteiger charge is -2.27. The molecule has 0 spiro atoms. The molecule has 2 unspecified atom stereocenters. The number of hydrogen-bond donors (Lipinski definition) is 1. The van der Waals surface area contributed by atoms with Crippen LogP contribution in [0.4, 0.5) is 0 Å². The molecular formula is C16H22BrN3. The van der Waals surface area contributed by atoms with Crippen LogP contribution in [0, 0.1) is 0 Å². The number of benzene rings is 1. The molecule has 0 saturated carbocycles. The number of likely N-dealkylation sites (N-methyl/N-ethyl adjacent to an activating group) is 1. The molecule has 0 saturated heterocycles. The maximum atomic E-state index is 4.44. The van der Waals surface area contributed by atoms with Crippen molar-refractivity contribution in [3.8, 4) is 0 Å². The van der Waals surface area contributed by atoms with Crippen molar-refractivity contribution >= 4 is 15.9 Å². The van der Waals surface area contributed by atoms with E-state index in [4.69, 9.17) is 0 Å². The van der Waals surface area contributed by atoms with E-state index in [9.17, 15) is 0 Å². The third-order valence-electron chi connectivity index (χ3n) is 3.81. The summed E-state index contributed by atoms with van der Waals surface area (Å²) >= 11 is 3.65. The second kappa shape index (κ2) is 7.04. The van der Waals surface area contributed by atoms with Crippen LogP contribution < -0.4 is 5.32 Å². The van der Waals surface area contributed by atoms with Crippen molar-refractivity contribution in [2.45, 2.75) is 38.8 Å². The van der Waals surface area contributed by atoms with E-state index >= 15 is 0 Å². The first kappa shape index (κ1) is 15.3. The van der Waals surface area contributed by atoms with E-state index in [0.717, 1.165) is 17.4 Å². The molecule has 2 rings (SSSR count). The van der Waals surface area contributed by atoms with Crippen molar-refractivity contribution < 1.29 is 0 Å². The maximum absolute atomic E-state index is 4.44. The molecule has 1 N–H and O–H groups in total. The first-order chi connectivity index (χ1) is 9.72. The van der Waals surface area contributed by atoms with Crippen LogP contribution in [0.5, 0.6) is 0 Å². The zero-order valence-electron chi connectivity index (χ0n) is 12.3. The molecule has 0 amide bonds. The molecule has 1 aromatic heterocycles. The first-order valence-electron chi connectivity index (χ1n) is 7.16. The van der Waals surface area contributed by atoms with Crippen molar-refractivity contribution in [2.75, 3.05) is 7.05 Å². The fraction of sp³-hybridized carbons (Fsp3) is 0.438. The summed E-state index contributed by atoms with van der Waals surface area (Å²) in [7, 11) is 2.02. The third kappa shape index (κ3) is 2.96. The van der Waals surface area contributed by atoms with Crippen LogP contribution in [-0.2, 0) is 6.54 Å². The third-order valence-corrected chi connectivity index (χ3v) is 4.42.